The molecule has 0 spiro atoms. The molecule has 0 fully saturated rings. The van der Waals surface area contributed by atoms with E-state index in [9.17, 15) is 4.79 Å². The molecule has 0 aliphatic rings. The smallest absolute Gasteiger partial charge is 0.259 e. The van der Waals surface area contributed by atoms with E-state index in [1.807, 2.05) is 44.2 Å². The van der Waals surface area contributed by atoms with E-state index in [-0.39, 0.29) is 5.56 Å². The second kappa shape index (κ2) is 7.70. The van der Waals surface area contributed by atoms with Crippen LogP contribution in [-0.4, -0.2) is 23.2 Å². The van der Waals surface area contributed by atoms with Crippen LogP contribution in [0.1, 0.15) is 20.3 Å². The molecule has 1 aromatic heterocycles. The maximum absolute atomic E-state index is 12.3. The molecule has 0 aliphatic carbocycles. The molecule has 0 aliphatic heterocycles. The first-order valence-corrected chi connectivity index (χ1v) is 9.02. The van der Waals surface area contributed by atoms with E-state index in [1.54, 1.807) is 6.07 Å². The molecular formula is C19H19BrN2O3. The van der Waals surface area contributed by atoms with Crippen molar-refractivity contribution < 1.29 is 9.47 Å². The summed E-state index contributed by atoms with van der Waals surface area (Å²) in [6.07, 6.45) is 0.907. The van der Waals surface area contributed by atoms with Crippen LogP contribution in [0, 0.1) is 0 Å². The lowest BCUT2D eigenvalue weighted by Gasteiger charge is -2.14. The highest BCUT2D eigenvalue weighted by Crippen LogP contribution is 2.37. The molecule has 2 aromatic carbocycles. The molecule has 6 heteroatoms. The number of hydrogen-bond acceptors (Lipinski definition) is 4. The van der Waals surface area contributed by atoms with Crippen LogP contribution in [0.15, 0.2) is 45.7 Å². The van der Waals surface area contributed by atoms with Crippen molar-refractivity contribution in [1.82, 2.24) is 9.97 Å². The van der Waals surface area contributed by atoms with Gasteiger partial charge in [-0.1, -0.05) is 19.1 Å². The summed E-state index contributed by atoms with van der Waals surface area (Å²) in [5, 5.41) is 0.565. The van der Waals surface area contributed by atoms with Gasteiger partial charge in [0.2, 0.25) is 0 Å². The molecule has 130 valence electrons. The molecule has 1 N–H and O–H groups in total. The predicted octanol–water partition coefficient (Wildman–Crippen LogP) is 4.54. The second-order valence-corrected chi connectivity index (χ2v) is 6.35. The minimum atomic E-state index is -0.170. The molecule has 0 atom stereocenters. The molecule has 3 rings (SSSR count). The average Bonchev–Trinajstić information content (AvgIpc) is 2.61. The summed E-state index contributed by atoms with van der Waals surface area (Å²) in [5.74, 6) is 1.78. The molecule has 0 unspecified atom stereocenters. The van der Waals surface area contributed by atoms with Crippen molar-refractivity contribution in [2.24, 2.45) is 0 Å². The van der Waals surface area contributed by atoms with Crippen LogP contribution in [0.5, 0.6) is 11.5 Å². The van der Waals surface area contributed by atoms with E-state index in [0.717, 1.165) is 16.5 Å². The number of rotatable bonds is 6. The van der Waals surface area contributed by atoms with Gasteiger partial charge in [0.15, 0.2) is 11.5 Å². The molecule has 25 heavy (non-hydrogen) atoms. The lowest BCUT2D eigenvalue weighted by Crippen LogP contribution is -2.10. The van der Waals surface area contributed by atoms with E-state index in [0.29, 0.717) is 41.4 Å². The molecule has 1 heterocycles. The van der Waals surface area contributed by atoms with Crippen LogP contribution < -0.4 is 15.0 Å². The number of halogens is 1. The van der Waals surface area contributed by atoms with Crippen LogP contribution in [0.4, 0.5) is 0 Å². The van der Waals surface area contributed by atoms with Crippen molar-refractivity contribution in [2.45, 2.75) is 20.3 Å². The first kappa shape index (κ1) is 17.5. The molecule has 0 saturated heterocycles. The average molecular weight is 403 g/mol. The minimum absolute atomic E-state index is 0.170. The predicted molar refractivity (Wildman–Crippen MR) is 102 cm³/mol. The Balaban J connectivity index is 2.13. The number of H-pyrrole nitrogens is 1. The van der Waals surface area contributed by atoms with Crippen molar-refractivity contribution >= 4 is 26.8 Å². The van der Waals surface area contributed by atoms with Crippen LogP contribution in [0.25, 0.3) is 22.3 Å². The Labute approximate surface area is 154 Å². The fourth-order valence-corrected chi connectivity index (χ4v) is 3.03. The highest BCUT2D eigenvalue weighted by Gasteiger charge is 2.15. The third kappa shape index (κ3) is 3.69. The van der Waals surface area contributed by atoms with Gasteiger partial charge in [-0.05, 0) is 53.5 Å². The molecule has 0 saturated carbocycles. The van der Waals surface area contributed by atoms with Gasteiger partial charge in [0.25, 0.3) is 5.56 Å². The zero-order valence-corrected chi connectivity index (χ0v) is 15.7. The fourth-order valence-electron chi connectivity index (χ4n) is 2.52. The number of nitrogens with one attached hydrogen (secondary N) is 1. The Hall–Kier alpha value is -2.34. The van der Waals surface area contributed by atoms with Gasteiger partial charge in [-0.15, -0.1) is 0 Å². The third-order valence-electron chi connectivity index (χ3n) is 3.66. The van der Waals surface area contributed by atoms with E-state index >= 15 is 0 Å². The topological polar surface area (TPSA) is 64.2 Å². The Morgan fingerprint density at radius 3 is 2.64 bits per heavy atom. The first-order valence-electron chi connectivity index (χ1n) is 8.22. The summed E-state index contributed by atoms with van der Waals surface area (Å²) >= 11 is 3.55. The summed E-state index contributed by atoms with van der Waals surface area (Å²) in [4.78, 5) is 19.8. The maximum atomic E-state index is 12.3. The van der Waals surface area contributed by atoms with Gasteiger partial charge >= 0.3 is 0 Å². The highest BCUT2D eigenvalue weighted by atomic mass is 79.9. The number of ether oxygens (including phenoxy) is 2. The summed E-state index contributed by atoms with van der Waals surface area (Å²) in [6.45, 7) is 5.09. The summed E-state index contributed by atoms with van der Waals surface area (Å²) in [6, 6.07) is 11.0. The highest BCUT2D eigenvalue weighted by molar-refractivity contribution is 9.10. The Morgan fingerprint density at radius 1 is 1.12 bits per heavy atom. The second-order valence-electron chi connectivity index (χ2n) is 5.49. The van der Waals surface area contributed by atoms with Crippen molar-refractivity contribution in [3.63, 3.8) is 0 Å². The number of aromatic nitrogens is 2. The van der Waals surface area contributed by atoms with Gasteiger partial charge in [0.05, 0.1) is 24.1 Å². The van der Waals surface area contributed by atoms with Gasteiger partial charge in [-0.25, -0.2) is 4.98 Å². The Kier molecular flexibility index (Phi) is 5.38. The summed E-state index contributed by atoms with van der Waals surface area (Å²) < 4.78 is 12.2. The number of hydrogen-bond donors (Lipinski definition) is 1. The van der Waals surface area contributed by atoms with Crippen molar-refractivity contribution in [2.75, 3.05) is 13.2 Å². The van der Waals surface area contributed by atoms with Gasteiger partial charge in [-0.2, -0.15) is 0 Å². The van der Waals surface area contributed by atoms with Crippen molar-refractivity contribution in [1.29, 1.82) is 0 Å². The summed E-state index contributed by atoms with van der Waals surface area (Å²) in [7, 11) is 0. The van der Waals surface area contributed by atoms with Gasteiger partial charge in [-0.3, -0.25) is 4.79 Å². The standard InChI is InChI=1S/C19H19BrN2O3/c1-3-9-25-17-11-14(20)13(10-16(17)24-4-2)18-21-15-8-6-5-7-12(15)19(23)22-18/h5-8,10-11H,3-4,9H2,1-2H3,(H,21,22,23). The Morgan fingerprint density at radius 2 is 1.88 bits per heavy atom. The van der Waals surface area contributed by atoms with Crippen molar-refractivity contribution in [3.8, 4) is 22.9 Å². The number of fused-ring (bicyclic) bond motifs is 1. The van der Waals surface area contributed by atoms with E-state index in [4.69, 9.17) is 9.47 Å². The normalized spacial score (nSPS) is 10.8. The Bertz CT molecular complexity index is 953. The van der Waals surface area contributed by atoms with E-state index in [2.05, 4.69) is 25.9 Å². The monoisotopic (exact) mass is 402 g/mol. The first-order chi connectivity index (χ1) is 12.1. The van der Waals surface area contributed by atoms with Crippen LogP contribution in [0.2, 0.25) is 0 Å². The van der Waals surface area contributed by atoms with Crippen LogP contribution in [-0.2, 0) is 0 Å². The zero-order valence-electron chi connectivity index (χ0n) is 14.1. The molecule has 3 aromatic rings. The molecule has 0 radical (unpaired) electrons. The minimum Gasteiger partial charge on any atom is -0.490 e. The number of aromatic amines is 1. The van der Waals surface area contributed by atoms with E-state index in [1.165, 1.54) is 0 Å². The quantitative estimate of drug-likeness (QED) is 0.657. The van der Waals surface area contributed by atoms with Gasteiger partial charge in [0.1, 0.15) is 5.82 Å². The van der Waals surface area contributed by atoms with Gasteiger partial charge < -0.3 is 14.5 Å². The lowest BCUT2D eigenvalue weighted by atomic mass is 10.1. The van der Waals surface area contributed by atoms with Gasteiger partial charge in [0, 0.05) is 10.0 Å². The summed E-state index contributed by atoms with van der Waals surface area (Å²) in [5.41, 5.74) is 1.23. The third-order valence-corrected chi connectivity index (χ3v) is 4.32. The van der Waals surface area contributed by atoms with Crippen molar-refractivity contribution in [3.05, 3.63) is 51.2 Å². The SMILES string of the molecule is CCCOc1cc(Br)c(-c2nc3ccccc3c(=O)[nH]2)cc1OCC. The number of nitrogens with zero attached hydrogens (tertiary/aromatic N) is 1. The maximum Gasteiger partial charge on any atom is 0.259 e. The molecule has 5 nitrogen and oxygen atoms in total. The largest absolute Gasteiger partial charge is 0.490 e. The van der Waals surface area contributed by atoms with Crippen LogP contribution >= 0.6 is 15.9 Å². The zero-order chi connectivity index (χ0) is 17.8. The molecule has 0 bridgehead atoms. The van der Waals surface area contributed by atoms with E-state index < -0.39 is 0 Å². The molecular weight excluding hydrogens is 384 g/mol. The number of benzene rings is 2. The molecule has 0 amide bonds. The van der Waals surface area contributed by atoms with Crippen LogP contribution in [0.3, 0.4) is 0 Å². The fraction of sp³-hybridized carbons (Fsp3) is 0.263. The number of para-hydroxylation sites is 1. The lowest BCUT2D eigenvalue weighted by molar-refractivity contribution is 0.277.